The third-order valence-electron chi connectivity index (χ3n) is 4.61. The van der Waals surface area contributed by atoms with Gasteiger partial charge in [-0.3, -0.25) is 19.9 Å². The number of allylic oxidation sites excluding steroid dienone is 1. The molecule has 1 aliphatic heterocycles. The molecule has 0 aliphatic carbocycles. The molecule has 156 valence electrons. The van der Waals surface area contributed by atoms with Crippen LogP contribution in [0, 0.1) is 16.0 Å². The predicted octanol–water partition coefficient (Wildman–Crippen LogP) is 2.37. The Kier molecular flexibility index (Phi) is 7.60. The van der Waals surface area contributed by atoms with E-state index in [0.717, 1.165) is 0 Å². The summed E-state index contributed by atoms with van der Waals surface area (Å²) in [6.45, 7) is 5.78. The first-order valence-corrected chi connectivity index (χ1v) is 9.30. The Bertz CT molecular complexity index is 862. The van der Waals surface area contributed by atoms with Gasteiger partial charge in [-0.1, -0.05) is 12.1 Å². The van der Waals surface area contributed by atoms with E-state index < -0.39 is 28.7 Å². The number of nitro groups is 1. The second kappa shape index (κ2) is 9.92. The van der Waals surface area contributed by atoms with Crippen molar-refractivity contribution < 1.29 is 24.0 Å². The van der Waals surface area contributed by atoms with E-state index in [1.165, 1.54) is 18.2 Å². The zero-order chi connectivity index (χ0) is 21.6. The van der Waals surface area contributed by atoms with Gasteiger partial charge in [0.15, 0.2) is 0 Å². The fourth-order valence-corrected chi connectivity index (χ4v) is 3.36. The van der Waals surface area contributed by atoms with E-state index >= 15 is 0 Å². The molecule has 0 saturated carbocycles. The van der Waals surface area contributed by atoms with Crippen molar-refractivity contribution in [2.24, 2.45) is 10.9 Å². The van der Waals surface area contributed by atoms with Crippen LogP contribution in [0.4, 0.5) is 5.69 Å². The van der Waals surface area contributed by atoms with Gasteiger partial charge in [-0.05, 0) is 33.4 Å². The summed E-state index contributed by atoms with van der Waals surface area (Å²) in [6.07, 6.45) is 0. The first-order valence-electron chi connectivity index (χ1n) is 9.30. The van der Waals surface area contributed by atoms with Crippen LogP contribution in [-0.4, -0.2) is 49.4 Å². The van der Waals surface area contributed by atoms with Crippen molar-refractivity contribution in [3.05, 3.63) is 51.2 Å². The Morgan fingerprint density at radius 1 is 1.28 bits per heavy atom. The number of likely N-dealkylation sites (N-methyl/N-ethyl adjacent to an activating group) is 1. The molecule has 0 amide bonds. The Morgan fingerprint density at radius 3 is 2.62 bits per heavy atom. The van der Waals surface area contributed by atoms with Crippen molar-refractivity contribution in [2.75, 3.05) is 26.8 Å². The summed E-state index contributed by atoms with van der Waals surface area (Å²) in [4.78, 5) is 40.7. The highest BCUT2D eigenvalue weighted by Gasteiger charge is 2.42. The van der Waals surface area contributed by atoms with Gasteiger partial charge in [0.05, 0.1) is 17.1 Å². The fourth-order valence-electron chi connectivity index (χ4n) is 3.36. The highest BCUT2D eigenvalue weighted by Crippen LogP contribution is 2.40. The van der Waals surface area contributed by atoms with E-state index in [4.69, 9.17) is 9.47 Å². The highest BCUT2D eigenvalue weighted by molar-refractivity contribution is 6.07. The van der Waals surface area contributed by atoms with E-state index in [-0.39, 0.29) is 24.5 Å². The summed E-state index contributed by atoms with van der Waals surface area (Å²) in [6, 6.07) is 5.89. The summed E-state index contributed by atoms with van der Waals surface area (Å²) in [5.41, 5.74) is 1.40. The lowest BCUT2D eigenvalue weighted by molar-refractivity contribution is -0.384. The molecule has 2 atom stereocenters. The van der Waals surface area contributed by atoms with E-state index in [1.807, 2.05) is 0 Å². The maximum Gasteiger partial charge on any atom is 0.336 e. The Balaban J connectivity index is 2.58. The maximum absolute atomic E-state index is 12.9. The largest absolute Gasteiger partial charge is 0.465 e. The topological polar surface area (TPSA) is 120 Å². The second-order valence-electron chi connectivity index (χ2n) is 6.55. The van der Waals surface area contributed by atoms with E-state index in [2.05, 4.69) is 10.3 Å². The summed E-state index contributed by atoms with van der Waals surface area (Å²) in [5.74, 6) is -2.83. The zero-order valence-corrected chi connectivity index (χ0v) is 16.9. The molecule has 1 N–H and O–H groups in total. The van der Waals surface area contributed by atoms with E-state index in [0.29, 0.717) is 23.5 Å². The molecule has 1 aliphatic rings. The van der Waals surface area contributed by atoms with Gasteiger partial charge >= 0.3 is 11.9 Å². The minimum Gasteiger partial charge on any atom is -0.465 e. The van der Waals surface area contributed by atoms with Gasteiger partial charge in [0.1, 0.15) is 12.5 Å². The van der Waals surface area contributed by atoms with Crippen LogP contribution in [0.5, 0.6) is 0 Å². The standard InChI is InChI=1S/C20H25N3O6/c1-5-28-19(24)16-12(2)22-13(3)17(20(25)29-10-9-21-4)18(16)14-7-6-8-15(11-14)23(26)27/h6-8,11,16,18,21H,5,9-10H2,1-4H3. The Hall–Kier alpha value is -3.07. The minimum absolute atomic E-state index is 0.133. The van der Waals surface area contributed by atoms with Gasteiger partial charge in [0, 0.05) is 36.0 Å². The number of nitrogens with one attached hydrogen (secondary N) is 1. The van der Waals surface area contributed by atoms with Crippen LogP contribution in [0.3, 0.4) is 0 Å². The first-order chi connectivity index (χ1) is 13.8. The number of benzene rings is 1. The Labute approximate surface area is 168 Å². The van der Waals surface area contributed by atoms with Crippen LogP contribution in [0.1, 0.15) is 32.3 Å². The number of hydrogen-bond acceptors (Lipinski definition) is 8. The normalized spacial score (nSPS) is 18.8. The molecule has 0 bridgehead atoms. The van der Waals surface area contributed by atoms with Crippen LogP contribution in [-0.2, 0) is 19.1 Å². The summed E-state index contributed by atoms with van der Waals surface area (Å²) in [7, 11) is 1.73. The van der Waals surface area contributed by atoms with Crippen LogP contribution in [0.2, 0.25) is 0 Å². The molecule has 0 saturated heterocycles. The number of rotatable bonds is 8. The molecule has 1 heterocycles. The Morgan fingerprint density at radius 2 is 2.00 bits per heavy atom. The lowest BCUT2D eigenvalue weighted by atomic mass is 9.75. The second-order valence-corrected chi connectivity index (χ2v) is 6.55. The number of ether oxygens (including phenoxy) is 2. The van der Waals surface area contributed by atoms with Crippen LogP contribution in [0.15, 0.2) is 40.5 Å². The fraction of sp³-hybridized carbons (Fsp3) is 0.450. The molecule has 0 aromatic heterocycles. The molecule has 9 nitrogen and oxygen atoms in total. The minimum atomic E-state index is -0.882. The number of nitrogens with zero attached hydrogens (tertiary/aromatic N) is 2. The lowest BCUT2D eigenvalue weighted by Crippen LogP contribution is -2.36. The zero-order valence-electron chi connectivity index (χ0n) is 16.9. The van der Waals surface area contributed by atoms with Crippen LogP contribution < -0.4 is 5.32 Å². The number of non-ortho nitro benzene ring substituents is 1. The van der Waals surface area contributed by atoms with Gasteiger partial charge in [-0.15, -0.1) is 0 Å². The number of carbonyl (C=O) groups is 2. The SMILES string of the molecule is CCOC(=O)C1C(C)=NC(C)=C(C(=O)OCCNC)C1c1cccc([N+](=O)[O-])c1. The van der Waals surface area contributed by atoms with Crippen molar-refractivity contribution in [3.8, 4) is 0 Å². The molecule has 1 aromatic rings. The summed E-state index contributed by atoms with van der Waals surface area (Å²) < 4.78 is 10.5. The van der Waals surface area contributed by atoms with E-state index in [1.54, 1.807) is 33.9 Å². The average molecular weight is 403 g/mol. The number of esters is 2. The average Bonchev–Trinajstić information content (AvgIpc) is 2.67. The van der Waals surface area contributed by atoms with Crippen LogP contribution in [0.25, 0.3) is 0 Å². The third kappa shape index (κ3) is 5.05. The molecule has 2 unspecified atom stereocenters. The van der Waals surface area contributed by atoms with Crippen molar-refractivity contribution in [1.29, 1.82) is 0 Å². The maximum atomic E-state index is 12.9. The number of nitro benzene ring substituents is 1. The lowest BCUT2D eigenvalue weighted by Gasteiger charge is -2.31. The summed E-state index contributed by atoms with van der Waals surface area (Å²) >= 11 is 0. The van der Waals surface area contributed by atoms with Gasteiger partial charge in [0.25, 0.3) is 5.69 Å². The van der Waals surface area contributed by atoms with Gasteiger partial charge in [-0.2, -0.15) is 0 Å². The molecule has 1 aromatic carbocycles. The molecule has 29 heavy (non-hydrogen) atoms. The molecule has 9 heteroatoms. The third-order valence-corrected chi connectivity index (χ3v) is 4.61. The van der Waals surface area contributed by atoms with Gasteiger partial charge < -0.3 is 14.8 Å². The van der Waals surface area contributed by atoms with Crippen molar-refractivity contribution in [2.45, 2.75) is 26.7 Å². The van der Waals surface area contributed by atoms with Crippen molar-refractivity contribution in [1.82, 2.24) is 5.32 Å². The smallest absolute Gasteiger partial charge is 0.336 e. The monoisotopic (exact) mass is 403 g/mol. The summed E-state index contributed by atoms with van der Waals surface area (Å²) in [5, 5.41) is 14.1. The van der Waals surface area contributed by atoms with Crippen LogP contribution >= 0.6 is 0 Å². The number of aliphatic imine (C=N–C) groups is 1. The molecule has 2 rings (SSSR count). The van der Waals surface area contributed by atoms with Crippen molar-refractivity contribution in [3.63, 3.8) is 0 Å². The highest BCUT2D eigenvalue weighted by atomic mass is 16.6. The first kappa shape index (κ1) is 22.2. The molecule has 0 fully saturated rings. The molecular weight excluding hydrogens is 378 g/mol. The number of carbonyl (C=O) groups excluding carboxylic acids is 2. The molecule has 0 spiro atoms. The van der Waals surface area contributed by atoms with Gasteiger partial charge in [0.2, 0.25) is 0 Å². The van der Waals surface area contributed by atoms with E-state index in [9.17, 15) is 19.7 Å². The van der Waals surface area contributed by atoms with Crippen molar-refractivity contribution >= 4 is 23.3 Å². The predicted molar refractivity (Wildman–Crippen MR) is 107 cm³/mol. The quantitative estimate of drug-likeness (QED) is 0.306. The molecular formula is C20H25N3O6. The molecule has 0 radical (unpaired) electrons. The van der Waals surface area contributed by atoms with Gasteiger partial charge in [-0.25, -0.2) is 4.79 Å². The number of hydrogen-bond donors (Lipinski definition) is 1.